The number of hydrogen-bond donors (Lipinski definition) is 2. The van der Waals surface area contributed by atoms with Gasteiger partial charge in [0.25, 0.3) is 0 Å². The number of amides is 1. The molecule has 0 fully saturated rings. The van der Waals surface area contributed by atoms with Gasteiger partial charge in [0.05, 0.1) is 0 Å². The number of nitrogens with one attached hydrogen (secondary N) is 2. The lowest BCUT2D eigenvalue weighted by atomic mass is 10.1. The summed E-state index contributed by atoms with van der Waals surface area (Å²) in [4.78, 5) is 11.6. The van der Waals surface area contributed by atoms with Crippen molar-refractivity contribution in [3.63, 3.8) is 0 Å². The molecule has 1 rings (SSSR count). The molecule has 0 aromatic carbocycles. The van der Waals surface area contributed by atoms with Gasteiger partial charge in [-0.05, 0) is 32.9 Å². The first-order valence-corrected chi connectivity index (χ1v) is 7.30. The number of carbonyl (C=O) groups excluding carboxylic acids is 1. The monoisotopic (exact) mass is 270 g/mol. The molecule has 1 heterocycles. The van der Waals surface area contributed by atoms with E-state index in [-0.39, 0.29) is 5.91 Å². The average molecular weight is 270 g/mol. The van der Waals surface area contributed by atoms with Gasteiger partial charge in [-0.2, -0.15) is 0 Å². The number of nitrogens with zero attached hydrogens (tertiary/aromatic N) is 2. The SMILES string of the molecule is CCC(CC)c1nnc(NC(=O)CCCNC)s1. The van der Waals surface area contributed by atoms with Gasteiger partial charge in [-0.25, -0.2) is 0 Å². The highest BCUT2D eigenvalue weighted by molar-refractivity contribution is 7.15. The van der Waals surface area contributed by atoms with Gasteiger partial charge in [-0.3, -0.25) is 4.79 Å². The van der Waals surface area contributed by atoms with Crippen LogP contribution >= 0.6 is 11.3 Å². The van der Waals surface area contributed by atoms with E-state index < -0.39 is 0 Å². The molecule has 18 heavy (non-hydrogen) atoms. The Hall–Kier alpha value is -1.01. The molecule has 0 bridgehead atoms. The van der Waals surface area contributed by atoms with Gasteiger partial charge in [-0.1, -0.05) is 25.2 Å². The van der Waals surface area contributed by atoms with Crippen LogP contribution in [0.4, 0.5) is 5.13 Å². The van der Waals surface area contributed by atoms with Crippen LogP contribution < -0.4 is 10.6 Å². The van der Waals surface area contributed by atoms with Crippen molar-refractivity contribution in [3.05, 3.63) is 5.01 Å². The van der Waals surface area contributed by atoms with Crippen molar-refractivity contribution in [2.45, 2.75) is 45.4 Å². The van der Waals surface area contributed by atoms with Crippen molar-refractivity contribution in [1.29, 1.82) is 0 Å². The summed E-state index contributed by atoms with van der Waals surface area (Å²) in [5.41, 5.74) is 0. The van der Waals surface area contributed by atoms with E-state index in [4.69, 9.17) is 0 Å². The summed E-state index contributed by atoms with van der Waals surface area (Å²) < 4.78 is 0. The summed E-state index contributed by atoms with van der Waals surface area (Å²) in [5.74, 6) is 0.468. The first-order chi connectivity index (χ1) is 8.71. The fraction of sp³-hybridized carbons (Fsp3) is 0.750. The number of rotatable bonds is 8. The fourth-order valence-electron chi connectivity index (χ4n) is 1.70. The smallest absolute Gasteiger partial charge is 0.226 e. The van der Waals surface area contributed by atoms with Crippen LogP contribution in [0.5, 0.6) is 0 Å². The molecule has 1 aromatic heterocycles. The Bertz CT molecular complexity index is 363. The molecule has 0 saturated heterocycles. The van der Waals surface area contributed by atoms with E-state index in [0.717, 1.165) is 30.8 Å². The van der Waals surface area contributed by atoms with Gasteiger partial charge >= 0.3 is 0 Å². The predicted molar refractivity (Wildman–Crippen MR) is 75.0 cm³/mol. The van der Waals surface area contributed by atoms with Crippen LogP contribution in [0.25, 0.3) is 0 Å². The van der Waals surface area contributed by atoms with Gasteiger partial charge in [0.15, 0.2) is 0 Å². The summed E-state index contributed by atoms with van der Waals surface area (Å²) >= 11 is 1.49. The van der Waals surface area contributed by atoms with E-state index in [0.29, 0.717) is 17.5 Å². The lowest BCUT2D eigenvalue weighted by Crippen LogP contribution is -2.15. The first kappa shape index (κ1) is 15.0. The molecule has 6 heteroatoms. The van der Waals surface area contributed by atoms with Crippen LogP contribution in [0.2, 0.25) is 0 Å². The number of hydrogen-bond acceptors (Lipinski definition) is 5. The van der Waals surface area contributed by atoms with Crippen molar-refractivity contribution in [2.75, 3.05) is 18.9 Å². The van der Waals surface area contributed by atoms with Crippen LogP contribution in [0.1, 0.15) is 50.5 Å². The fourth-order valence-corrected chi connectivity index (χ4v) is 2.72. The summed E-state index contributed by atoms with van der Waals surface area (Å²) in [7, 11) is 1.88. The Morgan fingerprint density at radius 1 is 1.33 bits per heavy atom. The summed E-state index contributed by atoms with van der Waals surface area (Å²) in [5, 5.41) is 15.6. The van der Waals surface area contributed by atoms with E-state index in [9.17, 15) is 4.79 Å². The molecule has 2 N–H and O–H groups in total. The van der Waals surface area contributed by atoms with Gasteiger partial charge in [-0.15, -0.1) is 10.2 Å². The zero-order valence-corrected chi connectivity index (χ0v) is 12.1. The molecule has 0 unspecified atom stereocenters. The van der Waals surface area contributed by atoms with Gasteiger partial charge in [0.2, 0.25) is 11.0 Å². The highest BCUT2D eigenvalue weighted by Crippen LogP contribution is 2.27. The Kier molecular flexibility index (Phi) is 6.82. The highest BCUT2D eigenvalue weighted by Gasteiger charge is 2.14. The highest BCUT2D eigenvalue weighted by atomic mass is 32.1. The Labute approximate surface area is 112 Å². The zero-order chi connectivity index (χ0) is 13.4. The van der Waals surface area contributed by atoms with Gasteiger partial charge in [0, 0.05) is 12.3 Å². The van der Waals surface area contributed by atoms with Crippen molar-refractivity contribution >= 4 is 22.4 Å². The van der Waals surface area contributed by atoms with Crippen molar-refractivity contribution in [3.8, 4) is 0 Å². The summed E-state index contributed by atoms with van der Waals surface area (Å²) in [6.45, 7) is 5.14. The van der Waals surface area contributed by atoms with Gasteiger partial charge < -0.3 is 10.6 Å². The molecule has 0 aliphatic rings. The lowest BCUT2D eigenvalue weighted by molar-refractivity contribution is -0.116. The lowest BCUT2D eigenvalue weighted by Gasteiger charge is -2.05. The molecule has 1 aromatic rings. The maximum absolute atomic E-state index is 11.6. The minimum absolute atomic E-state index is 0.0116. The van der Waals surface area contributed by atoms with Crippen LogP contribution in [0, 0.1) is 0 Å². The standard InChI is InChI=1S/C12H22N4OS/c1-4-9(5-2)11-15-16-12(18-11)14-10(17)7-6-8-13-3/h9,13H,4-8H2,1-3H3,(H,14,16,17). The molecule has 0 aliphatic heterocycles. The minimum atomic E-state index is 0.0116. The second-order valence-electron chi connectivity index (χ2n) is 4.21. The topological polar surface area (TPSA) is 66.9 Å². The second-order valence-corrected chi connectivity index (χ2v) is 5.22. The number of carbonyl (C=O) groups is 1. The summed E-state index contributed by atoms with van der Waals surface area (Å²) in [6, 6.07) is 0. The third kappa shape index (κ3) is 4.70. The first-order valence-electron chi connectivity index (χ1n) is 6.49. The molecule has 0 spiro atoms. The average Bonchev–Trinajstić information content (AvgIpc) is 2.79. The molecular formula is C12H22N4OS. The summed E-state index contributed by atoms with van der Waals surface area (Å²) in [6.07, 6.45) is 3.46. The number of aromatic nitrogens is 2. The Morgan fingerprint density at radius 2 is 2.06 bits per heavy atom. The zero-order valence-electron chi connectivity index (χ0n) is 11.3. The van der Waals surface area contributed by atoms with Crippen LogP contribution in [-0.2, 0) is 4.79 Å². The van der Waals surface area contributed by atoms with Crippen molar-refractivity contribution < 1.29 is 4.79 Å². The quantitative estimate of drug-likeness (QED) is 0.712. The molecule has 102 valence electrons. The van der Waals surface area contributed by atoms with Crippen LogP contribution in [0.3, 0.4) is 0 Å². The molecular weight excluding hydrogens is 248 g/mol. The van der Waals surface area contributed by atoms with E-state index >= 15 is 0 Å². The molecule has 0 radical (unpaired) electrons. The van der Waals surface area contributed by atoms with Crippen molar-refractivity contribution in [2.24, 2.45) is 0 Å². The largest absolute Gasteiger partial charge is 0.320 e. The molecule has 0 atom stereocenters. The second kappa shape index (κ2) is 8.16. The minimum Gasteiger partial charge on any atom is -0.320 e. The van der Waals surface area contributed by atoms with Crippen LogP contribution in [-0.4, -0.2) is 29.7 Å². The molecule has 5 nitrogen and oxygen atoms in total. The maximum atomic E-state index is 11.6. The Morgan fingerprint density at radius 3 is 2.67 bits per heavy atom. The Balaban J connectivity index is 2.45. The van der Waals surface area contributed by atoms with E-state index in [1.807, 2.05) is 7.05 Å². The normalized spacial score (nSPS) is 10.9. The molecule has 0 saturated carbocycles. The third-order valence-corrected chi connectivity index (χ3v) is 3.85. The third-order valence-electron chi connectivity index (χ3n) is 2.85. The molecule has 1 amide bonds. The molecule has 0 aliphatic carbocycles. The predicted octanol–water partition coefficient (Wildman–Crippen LogP) is 2.38. The van der Waals surface area contributed by atoms with Crippen molar-refractivity contribution in [1.82, 2.24) is 15.5 Å². The number of anilines is 1. The van der Waals surface area contributed by atoms with Crippen LogP contribution in [0.15, 0.2) is 0 Å². The maximum Gasteiger partial charge on any atom is 0.226 e. The van der Waals surface area contributed by atoms with Gasteiger partial charge in [0.1, 0.15) is 5.01 Å². The van der Waals surface area contributed by atoms with E-state index in [1.54, 1.807) is 0 Å². The van der Waals surface area contributed by atoms with E-state index in [1.165, 1.54) is 11.3 Å². The van der Waals surface area contributed by atoms with E-state index in [2.05, 4.69) is 34.7 Å².